The van der Waals surface area contributed by atoms with Crippen molar-refractivity contribution >= 4 is 33.7 Å². The summed E-state index contributed by atoms with van der Waals surface area (Å²) < 4.78 is 11.9. The van der Waals surface area contributed by atoms with Crippen LogP contribution in [-0.4, -0.2) is 43.0 Å². The van der Waals surface area contributed by atoms with Crippen LogP contribution in [0, 0.1) is 0 Å². The van der Waals surface area contributed by atoms with E-state index in [1.807, 2.05) is 26.0 Å². The zero-order valence-electron chi connectivity index (χ0n) is 16.7. The van der Waals surface area contributed by atoms with Crippen molar-refractivity contribution in [3.8, 4) is 21.5 Å². The summed E-state index contributed by atoms with van der Waals surface area (Å²) in [4.78, 5) is 36.5. The summed E-state index contributed by atoms with van der Waals surface area (Å²) in [6.45, 7) is 4.96. The molecule has 0 aromatic carbocycles. The summed E-state index contributed by atoms with van der Waals surface area (Å²) in [6, 6.07) is 3.77. The molecule has 0 fully saturated rings. The fraction of sp³-hybridized carbons (Fsp3) is 0.200. The molecule has 0 unspecified atom stereocenters. The highest BCUT2D eigenvalue weighted by Crippen LogP contribution is 2.32. The van der Waals surface area contributed by atoms with E-state index < -0.39 is 0 Å². The molecule has 5 rings (SSSR count). The Morgan fingerprint density at radius 1 is 0.710 bits per heavy atom. The number of hydrogen-bond acceptors (Lipinski definition) is 11. The first-order valence-corrected chi connectivity index (χ1v) is 10.4. The molecular weight excluding hydrogens is 416 g/mol. The third kappa shape index (κ3) is 3.59. The number of aromatic nitrogens is 6. The highest BCUT2D eigenvalue weighted by Gasteiger charge is 2.15. The maximum absolute atomic E-state index is 5.94. The van der Waals surface area contributed by atoms with Crippen LogP contribution in [0.15, 0.2) is 55.7 Å². The molecule has 154 valence electrons. The van der Waals surface area contributed by atoms with Gasteiger partial charge >= 0.3 is 0 Å². The van der Waals surface area contributed by atoms with Gasteiger partial charge in [-0.2, -0.15) is 9.97 Å². The van der Waals surface area contributed by atoms with E-state index in [0.29, 0.717) is 58.3 Å². The Morgan fingerprint density at radius 2 is 1.16 bits per heavy atom. The molecule has 0 aliphatic carbocycles. The van der Waals surface area contributed by atoms with Gasteiger partial charge in [-0.25, -0.2) is 29.9 Å². The van der Waals surface area contributed by atoms with Gasteiger partial charge in [0.25, 0.3) is 0 Å². The minimum absolute atomic E-state index is 0.399. The zero-order valence-corrected chi connectivity index (χ0v) is 17.5. The van der Waals surface area contributed by atoms with E-state index in [0.717, 1.165) is 9.75 Å². The zero-order chi connectivity index (χ0) is 21.2. The van der Waals surface area contributed by atoms with Gasteiger partial charge in [0, 0.05) is 37.9 Å². The maximum atomic E-state index is 5.94. The van der Waals surface area contributed by atoms with Gasteiger partial charge in [0.05, 0.1) is 9.75 Å². The predicted octanol–water partition coefficient (Wildman–Crippen LogP) is 2.79. The van der Waals surface area contributed by atoms with Crippen molar-refractivity contribution in [1.82, 2.24) is 29.9 Å². The van der Waals surface area contributed by atoms with Gasteiger partial charge in [-0.15, -0.1) is 11.3 Å². The number of rotatable bonds is 4. The second kappa shape index (κ2) is 8.11. The first-order valence-electron chi connectivity index (χ1n) is 9.62. The molecule has 0 N–H and O–H groups in total. The largest absolute Gasteiger partial charge is 0.417 e. The summed E-state index contributed by atoms with van der Waals surface area (Å²) in [5, 5.41) is 0. The average Bonchev–Trinajstić information content (AvgIpc) is 3.30. The molecule has 5 heterocycles. The highest BCUT2D eigenvalue weighted by molar-refractivity contribution is 7.18. The van der Waals surface area contributed by atoms with Crippen LogP contribution in [0.1, 0.15) is 13.8 Å². The van der Waals surface area contributed by atoms with Crippen LogP contribution in [0.4, 0.5) is 0 Å². The van der Waals surface area contributed by atoms with Crippen molar-refractivity contribution in [3.63, 3.8) is 0 Å². The SMILES string of the molecule is CCN=c1oc(-c2ccc(-c3nc4nccnc4c(=NCC)o3)s2)nc2nccnc12. The first-order chi connectivity index (χ1) is 15.3. The average molecular weight is 432 g/mol. The van der Waals surface area contributed by atoms with Crippen LogP contribution in [0.2, 0.25) is 0 Å². The van der Waals surface area contributed by atoms with E-state index in [4.69, 9.17) is 8.83 Å². The summed E-state index contributed by atoms with van der Waals surface area (Å²) in [6.07, 6.45) is 6.36. The van der Waals surface area contributed by atoms with Crippen molar-refractivity contribution in [2.75, 3.05) is 13.1 Å². The normalized spacial score (nSPS) is 12.8. The Bertz CT molecular complexity index is 1420. The Kier molecular flexibility index (Phi) is 5.00. The van der Waals surface area contributed by atoms with Crippen LogP contribution < -0.4 is 11.1 Å². The Balaban J connectivity index is 1.65. The van der Waals surface area contributed by atoms with Gasteiger partial charge in [-0.3, -0.25) is 0 Å². The Labute approximate surface area is 179 Å². The molecule has 0 amide bonds. The molecule has 11 heteroatoms. The molecule has 5 aromatic heterocycles. The summed E-state index contributed by atoms with van der Waals surface area (Å²) in [5.74, 6) is 0.797. The lowest BCUT2D eigenvalue weighted by atomic mass is 10.4. The Hall–Kier alpha value is -3.86. The van der Waals surface area contributed by atoms with E-state index in [1.54, 1.807) is 24.8 Å². The summed E-state index contributed by atoms with van der Waals surface area (Å²) in [5.41, 5.74) is 2.80. The van der Waals surface area contributed by atoms with Crippen molar-refractivity contribution < 1.29 is 8.83 Å². The van der Waals surface area contributed by atoms with Gasteiger partial charge in [-0.05, 0) is 26.0 Å². The van der Waals surface area contributed by atoms with Gasteiger partial charge in [0.2, 0.25) is 22.9 Å². The van der Waals surface area contributed by atoms with E-state index in [9.17, 15) is 0 Å². The van der Waals surface area contributed by atoms with Gasteiger partial charge < -0.3 is 8.83 Å². The highest BCUT2D eigenvalue weighted by atomic mass is 32.1. The predicted molar refractivity (Wildman–Crippen MR) is 114 cm³/mol. The van der Waals surface area contributed by atoms with E-state index in [-0.39, 0.29) is 0 Å². The van der Waals surface area contributed by atoms with Crippen LogP contribution in [-0.2, 0) is 0 Å². The van der Waals surface area contributed by atoms with E-state index in [1.165, 1.54) is 11.3 Å². The molecule has 0 radical (unpaired) electrons. The summed E-state index contributed by atoms with van der Waals surface area (Å²) in [7, 11) is 0. The molecule has 0 saturated carbocycles. The molecular formula is C20H16N8O2S. The van der Waals surface area contributed by atoms with Gasteiger partial charge in [0.15, 0.2) is 22.3 Å². The Morgan fingerprint density at radius 3 is 1.61 bits per heavy atom. The van der Waals surface area contributed by atoms with E-state index in [2.05, 4.69) is 39.9 Å². The van der Waals surface area contributed by atoms with Crippen molar-refractivity contribution in [1.29, 1.82) is 0 Å². The lowest BCUT2D eigenvalue weighted by Crippen LogP contribution is -2.08. The maximum Gasteiger partial charge on any atom is 0.246 e. The quantitative estimate of drug-likeness (QED) is 0.424. The number of nitrogens with zero attached hydrogens (tertiary/aromatic N) is 8. The topological polar surface area (TPSA) is 128 Å². The standard InChI is InChI=1S/C20H16N8O2S/c1-3-21-19-13-15(25-9-7-23-13)27-17(29-19)11-5-6-12(31-11)18-28-16-14(24-8-10-26-16)20(30-18)22-4-2/h5-10H,3-4H2,1-2H3. The van der Waals surface area contributed by atoms with Gasteiger partial charge in [0.1, 0.15) is 0 Å². The molecule has 31 heavy (non-hydrogen) atoms. The fourth-order valence-electron chi connectivity index (χ4n) is 2.92. The molecule has 0 aliphatic heterocycles. The van der Waals surface area contributed by atoms with Crippen LogP contribution >= 0.6 is 11.3 Å². The van der Waals surface area contributed by atoms with Crippen molar-refractivity contribution in [2.45, 2.75) is 13.8 Å². The second-order valence-corrected chi connectivity index (χ2v) is 7.30. The lowest BCUT2D eigenvalue weighted by Gasteiger charge is -2.01. The molecule has 0 saturated heterocycles. The number of hydrogen-bond donors (Lipinski definition) is 0. The van der Waals surface area contributed by atoms with Gasteiger partial charge in [-0.1, -0.05) is 0 Å². The van der Waals surface area contributed by atoms with E-state index >= 15 is 0 Å². The number of thiophene rings is 1. The second-order valence-electron chi connectivity index (χ2n) is 6.22. The van der Waals surface area contributed by atoms with Crippen LogP contribution in [0.25, 0.3) is 43.9 Å². The number of fused-ring (bicyclic) bond motifs is 2. The third-order valence-corrected chi connectivity index (χ3v) is 5.26. The minimum Gasteiger partial charge on any atom is -0.417 e. The third-order valence-electron chi connectivity index (χ3n) is 4.20. The smallest absolute Gasteiger partial charge is 0.246 e. The molecule has 10 nitrogen and oxygen atoms in total. The monoisotopic (exact) mass is 432 g/mol. The lowest BCUT2D eigenvalue weighted by molar-refractivity contribution is 0.497. The molecule has 0 bridgehead atoms. The van der Waals surface area contributed by atoms with Crippen molar-refractivity contribution in [3.05, 3.63) is 48.0 Å². The summed E-state index contributed by atoms with van der Waals surface area (Å²) >= 11 is 1.42. The minimum atomic E-state index is 0.399. The van der Waals surface area contributed by atoms with Crippen LogP contribution in [0.3, 0.4) is 0 Å². The fourth-order valence-corrected chi connectivity index (χ4v) is 3.78. The molecule has 0 aliphatic rings. The van der Waals surface area contributed by atoms with Crippen molar-refractivity contribution in [2.24, 2.45) is 9.98 Å². The molecule has 0 spiro atoms. The van der Waals surface area contributed by atoms with Crippen LogP contribution in [0.5, 0.6) is 0 Å². The molecule has 5 aromatic rings. The first kappa shape index (κ1) is 19.1. The molecule has 0 atom stereocenters.